The number of carbonyl (C=O) groups excluding carboxylic acids is 1. The fourth-order valence-electron chi connectivity index (χ4n) is 2.70. The molecule has 0 amide bonds. The zero-order valence-electron chi connectivity index (χ0n) is 15.4. The molecule has 136 valence electrons. The second kappa shape index (κ2) is 6.74. The first-order valence-corrected chi connectivity index (χ1v) is 8.54. The number of hydrogen-bond acceptors (Lipinski definition) is 5. The van der Waals surface area contributed by atoms with E-state index < -0.39 is 11.7 Å². The molecule has 0 aliphatic carbocycles. The highest BCUT2D eigenvalue weighted by atomic mass is 16.6. The van der Waals surface area contributed by atoms with E-state index in [-0.39, 0.29) is 11.1 Å². The molecule has 26 heavy (non-hydrogen) atoms. The molecule has 3 heterocycles. The SMILES string of the molecule is CCc1nc2c(=O)n(Cc3ccccn3)ccc2n1C(=O)OC(C)(C)C. The van der Waals surface area contributed by atoms with Crippen molar-refractivity contribution >= 4 is 17.1 Å². The van der Waals surface area contributed by atoms with Crippen molar-refractivity contribution in [3.8, 4) is 0 Å². The van der Waals surface area contributed by atoms with Crippen LogP contribution in [0.15, 0.2) is 41.5 Å². The quantitative estimate of drug-likeness (QED) is 0.722. The van der Waals surface area contributed by atoms with Crippen LogP contribution in [0, 0.1) is 0 Å². The molecule has 0 aliphatic heterocycles. The Morgan fingerprint density at radius 3 is 2.62 bits per heavy atom. The lowest BCUT2D eigenvalue weighted by atomic mass is 10.2. The van der Waals surface area contributed by atoms with E-state index in [1.54, 1.807) is 39.2 Å². The molecule has 0 bridgehead atoms. The minimum atomic E-state index is -0.632. The van der Waals surface area contributed by atoms with Crippen molar-refractivity contribution in [1.29, 1.82) is 0 Å². The Morgan fingerprint density at radius 2 is 2.00 bits per heavy atom. The number of rotatable bonds is 3. The predicted octanol–water partition coefficient (Wildman–Crippen LogP) is 2.99. The first-order valence-electron chi connectivity index (χ1n) is 8.54. The topological polar surface area (TPSA) is 79.0 Å². The number of fused-ring (bicyclic) bond motifs is 1. The van der Waals surface area contributed by atoms with Gasteiger partial charge in [-0.1, -0.05) is 13.0 Å². The van der Waals surface area contributed by atoms with Gasteiger partial charge in [-0.3, -0.25) is 9.78 Å². The summed E-state index contributed by atoms with van der Waals surface area (Å²) >= 11 is 0. The van der Waals surface area contributed by atoms with Crippen LogP contribution < -0.4 is 5.56 Å². The summed E-state index contributed by atoms with van der Waals surface area (Å²) in [6.45, 7) is 7.63. The fourth-order valence-corrected chi connectivity index (χ4v) is 2.70. The Bertz CT molecular complexity index is 997. The zero-order chi connectivity index (χ0) is 18.9. The maximum Gasteiger partial charge on any atom is 0.420 e. The Balaban J connectivity index is 2.07. The van der Waals surface area contributed by atoms with E-state index in [1.165, 1.54) is 9.13 Å². The van der Waals surface area contributed by atoms with Crippen molar-refractivity contribution in [3.63, 3.8) is 0 Å². The van der Waals surface area contributed by atoms with E-state index >= 15 is 0 Å². The van der Waals surface area contributed by atoms with Crippen LogP contribution in [0.4, 0.5) is 4.79 Å². The summed E-state index contributed by atoms with van der Waals surface area (Å²) in [5, 5.41) is 0. The van der Waals surface area contributed by atoms with Gasteiger partial charge in [0.25, 0.3) is 5.56 Å². The van der Waals surface area contributed by atoms with Gasteiger partial charge < -0.3 is 9.30 Å². The molecule has 0 spiro atoms. The highest BCUT2D eigenvalue weighted by molar-refractivity contribution is 5.87. The lowest BCUT2D eigenvalue weighted by molar-refractivity contribution is 0.0539. The third-order valence-electron chi connectivity index (χ3n) is 3.81. The summed E-state index contributed by atoms with van der Waals surface area (Å²) in [5.74, 6) is 0.502. The van der Waals surface area contributed by atoms with Crippen LogP contribution in [-0.4, -0.2) is 30.8 Å². The predicted molar refractivity (Wildman–Crippen MR) is 98.3 cm³/mol. The second-order valence-corrected chi connectivity index (χ2v) is 7.00. The highest BCUT2D eigenvalue weighted by Crippen LogP contribution is 2.17. The number of pyridine rings is 2. The van der Waals surface area contributed by atoms with Crippen LogP contribution in [0.3, 0.4) is 0 Å². The van der Waals surface area contributed by atoms with Crippen molar-refractivity contribution in [2.75, 3.05) is 0 Å². The number of nitrogens with zero attached hydrogens (tertiary/aromatic N) is 4. The number of imidazole rings is 1. The minimum Gasteiger partial charge on any atom is -0.443 e. The van der Waals surface area contributed by atoms with E-state index in [4.69, 9.17) is 4.74 Å². The first kappa shape index (κ1) is 17.8. The van der Waals surface area contributed by atoms with Crippen LogP contribution in [0.5, 0.6) is 0 Å². The Hall–Kier alpha value is -2.96. The van der Waals surface area contributed by atoms with Crippen LogP contribution in [0.25, 0.3) is 11.0 Å². The minimum absolute atomic E-state index is 0.256. The third-order valence-corrected chi connectivity index (χ3v) is 3.81. The van der Waals surface area contributed by atoms with E-state index in [1.807, 2.05) is 25.1 Å². The van der Waals surface area contributed by atoms with Crippen LogP contribution in [0.2, 0.25) is 0 Å². The normalized spacial score (nSPS) is 11.7. The van der Waals surface area contributed by atoms with Crippen molar-refractivity contribution < 1.29 is 9.53 Å². The fraction of sp³-hybridized carbons (Fsp3) is 0.368. The highest BCUT2D eigenvalue weighted by Gasteiger charge is 2.23. The van der Waals surface area contributed by atoms with Gasteiger partial charge in [0.1, 0.15) is 11.4 Å². The molecule has 0 fully saturated rings. The van der Waals surface area contributed by atoms with Gasteiger partial charge in [-0.25, -0.2) is 14.3 Å². The molecule has 0 aromatic carbocycles. The largest absolute Gasteiger partial charge is 0.443 e. The summed E-state index contributed by atoms with van der Waals surface area (Å²) in [7, 11) is 0. The summed E-state index contributed by atoms with van der Waals surface area (Å²) in [6.07, 6.45) is 3.32. The maximum absolute atomic E-state index is 12.8. The van der Waals surface area contributed by atoms with E-state index in [0.29, 0.717) is 24.3 Å². The Morgan fingerprint density at radius 1 is 1.23 bits per heavy atom. The molecular weight excluding hydrogens is 332 g/mol. The number of aromatic nitrogens is 4. The lowest BCUT2D eigenvalue weighted by Crippen LogP contribution is -2.28. The van der Waals surface area contributed by atoms with Gasteiger partial charge in [-0.2, -0.15) is 0 Å². The second-order valence-electron chi connectivity index (χ2n) is 7.00. The molecular formula is C19H22N4O3. The molecule has 0 saturated carbocycles. The Kier molecular flexibility index (Phi) is 4.63. The summed E-state index contributed by atoms with van der Waals surface area (Å²) < 4.78 is 8.38. The first-order chi connectivity index (χ1) is 12.3. The molecule has 0 aliphatic rings. The molecule has 0 N–H and O–H groups in total. The molecule has 0 radical (unpaired) electrons. The molecule has 0 unspecified atom stereocenters. The van der Waals surface area contributed by atoms with Crippen molar-refractivity contribution in [2.24, 2.45) is 0 Å². The molecule has 3 aromatic heterocycles. The average Bonchev–Trinajstić information content (AvgIpc) is 2.96. The summed E-state index contributed by atoms with van der Waals surface area (Å²) in [5.41, 5.74) is 0.595. The summed E-state index contributed by atoms with van der Waals surface area (Å²) in [4.78, 5) is 34.0. The maximum atomic E-state index is 12.8. The van der Waals surface area contributed by atoms with Crippen molar-refractivity contribution in [2.45, 2.75) is 46.3 Å². The molecule has 0 atom stereocenters. The third kappa shape index (κ3) is 3.51. The smallest absolute Gasteiger partial charge is 0.420 e. The van der Waals surface area contributed by atoms with Crippen molar-refractivity contribution in [3.05, 3.63) is 58.5 Å². The molecule has 0 saturated heterocycles. The van der Waals surface area contributed by atoms with Crippen LogP contribution in [0.1, 0.15) is 39.2 Å². The van der Waals surface area contributed by atoms with Gasteiger partial charge in [0.05, 0.1) is 17.8 Å². The molecule has 3 aromatic rings. The van der Waals surface area contributed by atoms with E-state index in [9.17, 15) is 9.59 Å². The van der Waals surface area contributed by atoms with E-state index in [2.05, 4.69) is 9.97 Å². The van der Waals surface area contributed by atoms with Crippen LogP contribution >= 0.6 is 0 Å². The summed E-state index contributed by atoms with van der Waals surface area (Å²) in [6, 6.07) is 7.27. The van der Waals surface area contributed by atoms with Crippen LogP contribution in [-0.2, 0) is 17.7 Å². The van der Waals surface area contributed by atoms with Gasteiger partial charge in [-0.15, -0.1) is 0 Å². The number of aryl methyl sites for hydroxylation is 1. The van der Waals surface area contributed by atoms with Gasteiger partial charge in [0.2, 0.25) is 0 Å². The van der Waals surface area contributed by atoms with Gasteiger partial charge in [-0.05, 0) is 39.0 Å². The lowest BCUT2D eigenvalue weighted by Gasteiger charge is -2.20. The molecule has 7 nitrogen and oxygen atoms in total. The number of hydrogen-bond donors (Lipinski definition) is 0. The molecule has 7 heteroatoms. The average molecular weight is 354 g/mol. The van der Waals surface area contributed by atoms with Gasteiger partial charge >= 0.3 is 6.09 Å². The standard InChI is InChI=1S/C19H22N4O3/c1-5-15-21-16-14(23(15)18(25)26-19(2,3)4)9-11-22(17(16)24)12-13-8-6-7-10-20-13/h6-11H,5,12H2,1-4H3. The zero-order valence-corrected chi connectivity index (χ0v) is 15.4. The van der Waals surface area contributed by atoms with Crippen molar-refractivity contribution in [1.82, 2.24) is 19.1 Å². The Labute approximate surface area is 151 Å². The number of ether oxygens (including phenoxy) is 1. The van der Waals surface area contributed by atoms with E-state index in [0.717, 1.165) is 5.69 Å². The molecule has 3 rings (SSSR count). The van der Waals surface area contributed by atoms with Gasteiger partial charge in [0, 0.05) is 18.8 Å². The monoisotopic (exact) mass is 354 g/mol. The van der Waals surface area contributed by atoms with Gasteiger partial charge in [0.15, 0.2) is 5.52 Å². The number of carbonyl (C=O) groups is 1.